The van der Waals surface area contributed by atoms with Crippen LogP contribution in [0.1, 0.15) is 19.4 Å². The third-order valence-electron chi connectivity index (χ3n) is 4.41. The van der Waals surface area contributed by atoms with Crippen molar-refractivity contribution >= 4 is 5.91 Å². The predicted molar refractivity (Wildman–Crippen MR) is 98.8 cm³/mol. The summed E-state index contributed by atoms with van der Waals surface area (Å²) in [5.41, 5.74) is 3.15. The van der Waals surface area contributed by atoms with E-state index in [1.54, 1.807) is 6.20 Å². The lowest BCUT2D eigenvalue weighted by molar-refractivity contribution is -0.129. The zero-order valence-electron chi connectivity index (χ0n) is 14.9. The predicted octanol–water partition coefficient (Wildman–Crippen LogP) is 3.09. The number of hydrogen-bond acceptors (Lipinski definition) is 3. The molecule has 0 unspecified atom stereocenters. The fraction of sp³-hybridized carbons (Fsp3) is 0.400. The van der Waals surface area contributed by atoms with E-state index in [-0.39, 0.29) is 5.91 Å². The van der Waals surface area contributed by atoms with Gasteiger partial charge >= 0.3 is 0 Å². The lowest BCUT2D eigenvalue weighted by Gasteiger charge is -2.23. The minimum atomic E-state index is 0.144. The van der Waals surface area contributed by atoms with E-state index in [4.69, 9.17) is 0 Å². The molecule has 1 amide bonds. The number of nitrogens with zero attached hydrogens (tertiary/aromatic N) is 3. The molecule has 0 aliphatic heterocycles. The number of pyridine rings is 1. The van der Waals surface area contributed by atoms with Crippen LogP contribution in [0.3, 0.4) is 0 Å². The van der Waals surface area contributed by atoms with Crippen molar-refractivity contribution in [2.24, 2.45) is 0 Å². The highest BCUT2D eigenvalue weighted by Crippen LogP contribution is 2.23. The van der Waals surface area contributed by atoms with Crippen LogP contribution in [0.25, 0.3) is 11.1 Å². The maximum absolute atomic E-state index is 12.6. The number of carbonyl (C=O) groups is 1. The monoisotopic (exact) mass is 325 g/mol. The molecule has 0 N–H and O–H groups in total. The van der Waals surface area contributed by atoms with Crippen molar-refractivity contribution in [1.29, 1.82) is 0 Å². The summed E-state index contributed by atoms with van der Waals surface area (Å²) in [4.78, 5) is 20.9. The third-order valence-corrected chi connectivity index (χ3v) is 4.41. The molecule has 0 aliphatic carbocycles. The van der Waals surface area contributed by atoms with Crippen molar-refractivity contribution in [3.05, 3.63) is 54.4 Å². The van der Waals surface area contributed by atoms with Crippen LogP contribution >= 0.6 is 0 Å². The second-order valence-electron chi connectivity index (χ2n) is 5.92. The van der Waals surface area contributed by atoms with Crippen LogP contribution in [-0.4, -0.2) is 53.9 Å². The zero-order chi connectivity index (χ0) is 17.4. The van der Waals surface area contributed by atoms with E-state index in [2.05, 4.69) is 35.9 Å². The number of likely N-dealkylation sites (N-methyl/N-ethyl adjacent to an activating group) is 2. The summed E-state index contributed by atoms with van der Waals surface area (Å²) in [5.74, 6) is 0.144. The Labute approximate surface area is 145 Å². The van der Waals surface area contributed by atoms with Crippen LogP contribution < -0.4 is 0 Å². The summed E-state index contributed by atoms with van der Waals surface area (Å²) in [6.45, 7) is 7.99. The van der Waals surface area contributed by atoms with E-state index < -0.39 is 0 Å². The fourth-order valence-corrected chi connectivity index (χ4v) is 2.71. The number of amides is 1. The van der Waals surface area contributed by atoms with Gasteiger partial charge < -0.3 is 9.80 Å². The number of rotatable bonds is 8. The van der Waals surface area contributed by atoms with Crippen LogP contribution in [-0.2, 0) is 11.2 Å². The molecule has 0 bridgehead atoms. The molecule has 0 radical (unpaired) electrons. The Balaban J connectivity index is 2.04. The van der Waals surface area contributed by atoms with Crippen LogP contribution in [0.15, 0.2) is 48.8 Å². The molecule has 1 aromatic heterocycles. The van der Waals surface area contributed by atoms with E-state index in [1.165, 1.54) is 0 Å². The third kappa shape index (κ3) is 4.90. The first-order valence-corrected chi connectivity index (χ1v) is 8.60. The van der Waals surface area contributed by atoms with Gasteiger partial charge in [-0.1, -0.05) is 44.2 Å². The summed E-state index contributed by atoms with van der Waals surface area (Å²) in [6, 6.07) is 12.0. The lowest BCUT2D eigenvalue weighted by atomic mass is 10.00. The van der Waals surface area contributed by atoms with E-state index in [1.807, 2.05) is 42.4 Å². The van der Waals surface area contributed by atoms with Crippen LogP contribution in [0.4, 0.5) is 0 Å². The van der Waals surface area contributed by atoms with E-state index in [0.717, 1.165) is 42.9 Å². The van der Waals surface area contributed by atoms with Crippen molar-refractivity contribution in [3.63, 3.8) is 0 Å². The van der Waals surface area contributed by atoms with Gasteiger partial charge in [-0.2, -0.15) is 0 Å². The molecule has 4 heteroatoms. The maximum atomic E-state index is 12.6. The number of aromatic nitrogens is 1. The zero-order valence-corrected chi connectivity index (χ0v) is 14.9. The molecule has 0 aliphatic rings. The summed E-state index contributed by atoms with van der Waals surface area (Å²) in [6.07, 6.45) is 4.00. The topological polar surface area (TPSA) is 36.4 Å². The van der Waals surface area contributed by atoms with Crippen LogP contribution in [0.2, 0.25) is 0 Å². The molecule has 0 saturated carbocycles. The molecule has 1 heterocycles. The molecular formula is C20H27N3O. The SMILES string of the molecule is CCN(CC)CCN(C)C(=O)Cc1ccncc1-c1ccccc1. The van der Waals surface area contributed by atoms with Gasteiger partial charge in [0.25, 0.3) is 0 Å². The van der Waals surface area contributed by atoms with Gasteiger partial charge in [0.1, 0.15) is 0 Å². The number of benzene rings is 1. The Kier molecular flexibility index (Phi) is 6.94. The van der Waals surface area contributed by atoms with Gasteiger partial charge in [0.2, 0.25) is 5.91 Å². The molecule has 0 saturated heterocycles. The van der Waals surface area contributed by atoms with E-state index in [0.29, 0.717) is 6.42 Å². The molecule has 0 spiro atoms. The second kappa shape index (κ2) is 9.18. The molecular weight excluding hydrogens is 298 g/mol. The number of hydrogen-bond donors (Lipinski definition) is 0. The van der Waals surface area contributed by atoms with Crippen molar-refractivity contribution in [2.45, 2.75) is 20.3 Å². The smallest absolute Gasteiger partial charge is 0.226 e. The molecule has 1 aromatic carbocycles. The van der Waals surface area contributed by atoms with Crippen molar-refractivity contribution in [1.82, 2.24) is 14.8 Å². The standard InChI is InChI=1S/C20H27N3O/c1-4-23(5-2)14-13-22(3)20(24)15-18-11-12-21-16-19(18)17-9-7-6-8-10-17/h6-12,16H,4-5,13-15H2,1-3H3. The second-order valence-corrected chi connectivity index (χ2v) is 5.92. The minimum absolute atomic E-state index is 0.144. The molecule has 128 valence electrons. The van der Waals surface area contributed by atoms with Gasteiger partial charge in [-0.25, -0.2) is 0 Å². The van der Waals surface area contributed by atoms with Gasteiger partial charge in [0.05, 0.1) is 6.42 Å². The Morgan fingerprint density at radius 2 is 1.75 bits per heavy atom. The average Bonchev–Trinajstić information content (AvgIpc) is 2.63. The summed E-state index contributed by atoms with van der Waals surface area (Å²) < 4.78 is 0. The summed E-state index contributed by atoms with van der Waals surface area (Å²) >= 11 is 0. The van der Waals surface area contributed by atoms with Crippen LogP contribution in [0, 0.1) is 0 Å². The largest absolute Gasteiger partial charge is 0.344 e. The van der Waals surface area contributed by atoms with Crippen molar-refractivity contribution in [2.75, 3.05) is 33.2 Å². The fourth-order valence-electron chi connectivity index (χ4n) is 2.71. The molecule has 0 fully saturated rings. The summed E-state index contributed by atoms with van der Waals surface area (Å²) in [5, 5.41) is 0. The Morgan fingerprint density at radius 1 is 1.04 bits per heavy atom. The first-order chi connectivity index (χ1) is 11.7. The Bertz CT molecular complexity index is 638. The van der Waals surface area contributed by atoms with E-state index >= 15 is 0 Å². The first-order valence-electron chi connectivity index (χ1n) is 8.60. The Hall–Kier alpha value is -2.20. The Morgan fingerprint density at radius 3 is 2.42 bits per heavy atom. The van der Waals surface area contributed by atoms with E-state index in [9.17, 15) is 4.79 Å². The van der Waals surface area contributed by atoms with Gasteiger partial charge in [-0.15, -0.1) is 0 Å². The van der Waals surface area contributed by atoms with Gasteiger partial charge in [0, 0.05) is 38.1 Å². The highest BCUT2D eigenvalue weighted by Gasteiger charge is 2.14. The quantitative estimate of drug-likeness (QED) is 0.748. The lowest BCUT2D eigenvalue weighted by Crippen LogP contribution is -2.37. The molecule has 0 atom stereocenters. The minimum Gasteiger partial charge on any atom is -0.344 e. The highest BCUT2D eigenvalue weighted by molar-refractivity contribution is 5.81. The molecule has 4 nitrogen and oxygen atoms in total. The highest BCUT2D eigenvalue weighted by atomic mass is 16.2. The normalized spacial score (nSPS) is 10.8. The van der Waals surface area contributed by atoms with Crippen molar-refractivity contribution in [3.8, 4) is 11.1 Å². The molecule has 2 aromatic rings. The summed E-state index contributed by atoms with van der Waals surface area (Å²) in [7, 11) is 1.88. The molecule has 24 heavy (non-hydrogen) atoms. The van der Waals surface area contributed by atoms with Gasteiger partial charge in [-0.05, 0) is 30.3 Å². The first kappa shape index (κ1) is 18.1. The van der Waals surface area contributed by atoms with Gasteiger partial charge in [0.15, 0.2) is 0 Å². The average molecular weight is 325 g/mol. The van der Waals surface area contributed by atoms with Crippen molar-refractivity contribution < 1.29 is 4.79 Å². The van der Waals surface area contributed by atoms with Gasteiger partial charge in [-0.3, -0.25) is 9.78 Å². The number of carbonyl (C=O) groups excluding carboxylic acids is 1. The maximum Gasteiger partial charge on any atom is 0.226 e. The molecule has 2 rings (SSSR count). The van der Waals surface area contributed by atoms with Crippen LogP contribution in [0.5, 0.6) is 0 Å².